The molecular weight excluding hydrogens is 432 g/mol. The Kier molecular flexibility index (Phi) is 10.1. The second kappa shape index (κ2) is 12.8. The number of nitrogens with zero attached hydrogens (tertiary/aromatic N) is 4. The molecule has 3 rings (SSSR count). The Hall–Kier alpha value is -1.74. The van der Waals surface area contributed by atoms with E-state index < -0.39 is 5.60 Å². The van der Waals surface area contributed by atoms with Crippen molar-refractivity contribution in [2.24, 2.45) is 0 Å². The highest BCUT2D eigenvalue weighted by atomic mass is 16.6. The molecule has 8 nitrogen and oxygen atoms in total. The smallest absolute Gasteiger partial charge is 0.156 e. The predicted octanol–water partition coefficient (Wildman–Crippen LogP) is 4.81. The van der Waals surface area contributed by atoms with Gasteiger partial charge in [-0.2, -0.15) is 5.10 Å². The molecule has 0 amide bonds. The Morgan fingerprint density at radius 2 is 1.74 bits per heavy atom. The van der Waals surface area contributed by atoms with E-state index in [2.05, 4.69) is 49.9 Å². The lowest BCUT2D eigenvalue weighted by Crippen LogP contribution is -2.48. The van der Waals surface area contributed by atoms with E-state index >= 15 is 0 Å². The van der Waals surface area contributed by atoms with Gasteiger partial charge in [-0.25, -0.2) is 9.50 Å². The van der Waals surface area contributed by atoms with E-state index in [1.165, 1.54) is 0 Å². The van der Waals surface area contributed by atoms with Crippen LogP contribution in [0.25, 0.3) is 5.52 Å². The fourth-order valence-electron chi connectivity index (χ4n) is 4.54. The molecule has 1 aliphatic rings. The summed E-state index contributed by atoms with van der Waals surface area (Å²) in [4.78, 5) is 6.45. The zero-order valence-electron chi connectivity index (χ0n) is 22.0. The SMILES string of the molecule is CCCCOC[C@H]1O[C@@H](c2ccc3c(N(C)C)ncnn23)[C@](C)(OCCCC)[C@@H]1OCCCC. The van der Waals surface area contributed by atoms with Gasteiger partial charge in [-0.1, -0.05) is 40.0 Å². The number of hydrogen-bond acceptors (Lipinski definition) is 7. The summed E-state index contributed by atoms with van der Waals surface area (Å²) < 4.78 is 27.8. The maximum absolute atomic E-state index is 6.71. The van der Waals surface area contributed by atoms with Gasteiger partial charge in [-0.15, -0.1) is 0 Å². The van der Waals surface area contributed by atoms with Gasteiger partial charge in [0.2, 0.25) is 0 Å². The standard InChI is InChI=1S/C26H44N4O4/c1-7-10-15-31-18-22-24(32-16-11-8-2)26(4,33-17-12-9-3)23(34-22)20-13-14-21-25(29(5)6)27-19-28-30(20)21/h13-14,19,22-24H,7-12,15-18H2,1-6H3/t22-,23+,24-,26+/m1/s1. The molecule has 0 bridgehead atoms. The van der Waals surface area contributed by atoms with Crippen LogP contribution in [-0.4, -0.2) is 72.9 Å². The third-order valence-corrected chi connectivity index (χ3v) is 6.52. The van der Waals surface area contributed by atoms with Crippen LogP contribution in [0.15, 0.2) is 18.5 Å². The minimum Gasteiger partial charge on any atom is -0.379 e. The van der Waals surface area contributed by atoms with Crippen molar-refractivity contribution in [3.63, 3.8) is 0 Å². The molecule has 34 heavy (non-hydrogen) atoms. The Morgan fingerprint density at radius 1 is 1.03 bits per heavy atom. The van der Waals surface area contributed by atoms with Gasteiger partial charge in [0.25, 0.3) is 0 Å². The van der Waals surface area contributed by atoms with Crippen LogP contribution in [0.4, 0.5) is 5.82 Å². The quantitative estimate of drug-likeness (QED) is 0.342. The van der Waals surface area contributed by atoms with Crippen molar-refractivity contribution in [1.82, 2.24) is 14.6 Å². The van der Waals surface area contributed by atoms with Crippen molar-refractivity contribution >= 4 is 11.3 Å². The second-order valence-electron chi connectivity index (χ2n) is 9.55. The van der Waals surface area contributed by atoms with Gasteiger partial charge >= 0.3 is 0 Å². The molecule has 0 N–H and O–H groups in total. The molecule has 1 saturated heterocycles. The van der Waals surface area contributed by atoms with E-state index in [1.54, 1.807) is 6.33 Å². The summed E-state index contributed by atoms with van der Waals surface area (Å²) in [5.41, 5.74) is 1.21. The van der Waals surface area contributed by atoms with Crippen LogP contribution in [-0.2, 0) is 18.9 Å². The summed E-state index contributed by atoms with van der Waals surface area (Å²) in [6, 6.07) is 4.13. The van der Waals surface area contributed by atoms with E-state index in [9.17, 15) is 0 Å². The van der Waals surface area contributed by atoms with Gasteiger partial charge < -0.3 is 23.8 Å². The molecule has 0 saturated carbocycles. The van der Waals surface area contributed by atoms with Gasteiger partial charge in [-0.05, 0) is 38.3 Å². The highest BCUT2D eigenvalue weighted by molar-refractivity contribution is 5.68. The third-order valence-electron chi connectivity index (χ3n) is 6.52. The largest absolute Gasteiger partial charge is 0.379 e. The number of aromatic nitrogens is 3. The zero-order valence-corrected chi connectivity index (χ0v) is 22.0. The van der Waals surface area contributed by atoms with Crippen molar-refractivity contribution < 1.29 is 18.9 Å². The van der Waals surface area contributed by atoms with E-state index in [1.807, 2.05) is 23.5 Å². The van der Waals surface area contributed by atoms with Crippen LogP contribution in [0.3, 0.4) is 0 Å². The molecule has 0 unspecified atom stereocenters. The Labute approximate surface area is 204 Å². The summed E-state index contributed by atoms with van der Waals surface area (Å²) in [6.45, 7) is 11.2. The second-order valence-corrected chi connectivity index (χ2v) is 9.55. The molecule has 0 spiro atoms. The highest BCUT2D eigenvalue weighted by Crippen LogP contribution is 2.46. The normalized spacial score (nSPS) is 24.8. The fraction of sp³-hybridized carbons (Fsp3) is 0.769. The van der Waals surface area contributed by atoms with E-state index in [4.69, 9.17) is 18.9 Å². The molecule has 2 aromatic heterocycles. The molecular formula is C26H44N4O4. The topological polar surface area (TPSA) is 70.4 Å². The first-order valence-corrected chi connectivity index (χ1v) is 13.0. The minimum absolute atomic E-state index is 0.217. The fourth-order valence-corrected chi connectivity index (χ4v) is 4.54. The first-order valence-electron chi connectivity index (χ1n) is 13.0. The summed E-state index contributed by atoms with van der Waals surface area (Å²) in [5.74, 6) is 0.864. The van der Waals surface area contributed by atoms with Crippen LogP contribution in [0, 0.1) is 0 Å². The maximum Gasteiger partial charge on any atom is 0.156 e. The average Bonchev–Trinajstić information content (AvgIpc) is 3.36. The molecule has 2 aromatic rings. The first-order chi connectivity index (χ1) is 16.5. The van der Waals surface area contributed by atoms with Gasteiger partial charge in [0, 0.05) is 33.9 Å². The van der Waals surface area contributed by atoms with Crippen molar-refractivity contribution in [1.29, 1.82) is 0 Å². The lowest BCUT2D eigenvalue weighted by Gasteiger charge is -2.35. The van der Waals surface area contributed by atoms with Crippen LogP contribution in [0.5, 0.6) is 0 Å². The zero-order chi connectivity index (χ0) is 24.6. The summed E-state index contributed by atoms with van der Waals surface area (Å²) in [5, 5.41) is 4.57. The molecule has 0 aliphatic carbocycles. The first kappa shape index (κ1) is 26.9. The molecule has 1 aliphatic heterocycles. The van der Waals surface area contributed by atoms with E-state index in [0.717, 1.165) is 62.2 Å². The predicted molar refractivity (Wildman–Crippen MR) is 135 cm³/mol. The molecule has 8 heteroatoms. The molecule has 1 fully saturated rings. The van der Waals surface area contributed by atoms with E-state index in [-0.39, 0.29) is 18.3 Å². The molecule has 192 valence electrons. The number of rotatable bonds is 15. The van der Waals surface area contributed by atoms with Crippen LogP contribution < -0.4 is 4.90 Å². The average molecular weight is 477 g/mol. The summed E-state index contributed by atoms with van der Waals surface area (Å²) >= 11 is 0. The molecule has 0 aromatic carbocycles. The molecule has 4 atom stereocenters. The van der Waals surface area contributed by atoms with E-state index in [0.29, 0.717) is 19.8 Å². The maximum atomic E-state index is 6.71. The van der Waals surface area contributed by atoms with Crippen molar-refractivity contribution in [2.75, 3.05) is 45.4 Å². The summed E-state index contributed by atoms with van der Waals surface area (Å²) in [7, 11) is 3.97. The molecule has 0 radical (unpaired) electrons. The van der Waals surface area contributed by atoms with Gasteiger partial charge in [-0.3, -0.25) is 0 Å². The highest BCUT2D eigenvalue weighted by Gasteiger charge is 2.57. The van der Waals surface area contributed by atoms with Crippen LogP contribution in [0.2, 0.25) is 0 Å². The van der Waals surface area contributed by atoms with Gasteiger partial charge in [0.15, 0.2) is 5.82 Å². The lowest BCUT2D eigenvalue weighted by atomic mass is 9.90. The van der Waals surface area contributed by atoms with Gasteiger partial charge in [0.1, 0.15) is 35.8 Å². The number of fused-ring (bicyclic) bond motifs is 1. The van der Waals surface area contributed by atoms with Crippen molar-refractivity contribution in [3.8, 4) is 0 Å². The monoisotopic (exact) mass is 476 g/mol. The Bertz CT molecular complexity index is 874. The lowest BCUT2D eigenvalue weighted by molar-refractivity contribution is -0.138. The number of hydrogen-bond donors (Lipinski definition) is 0. The number of anilines is 1. The Balaban J connectivity index is 1.97. The molecule has 3 heterocycles. The minimum atomic E-state index is -0.667. The Morgan fingerprint density at radius 3 is 2.44 bits per heavy atom. The number of ether oxygens (including phenoxy) is 4. The number of unbranched alkanes of at least 4 members (excludes halogenated alkanes) is 3. The van der Waals surface area contributed by atoms with Crippen molar-refractivity contribution in [3.05, 3.63) is 24.2 Å². The van der Waals surface area contributed by atoms with Crippen LogP contribution in [0.1, 0.15) is 78.0 Å². The van der Waals surface area contributed by atoms with Gasteiger partial charge in [0.05, 0.1) is 12.3 Å². The van der Waals surface area contributed by atoms with Crippen LogP contribution >= 0.6 is 0 Å². The third kappa shape index (κ3) is 5.90. The van der Waals surface area contributed by atoms with Crippen molar-refractivity contribution in [2.45, 2.75) is 90.1 Å². The summed E-state index contributed by atoms with van der Waals surface area (Å²) in [6.07, 6.45) is 7.08.